The summed E-state index contributed by atoms with van der Waals surface area (Å²) < 4.78 is 37.3. The molecule has 0 radical (unpaired) electrons. The lowest BCUT2D eigenvalue weighted by Crippen LogP contribution is -2.23. The lowest BCUT2D eigenvalue weighted by molar-refractivity contribution is -0.209. The van der Waals surface area contributed by atoms with Gasteiger partial charge in [-0.05, 0) is 15.9 Å². The second-order valence-corrected chi connectivity index (χ2v) is 3.30. The van der Waals surface area contributed by atoms with Gasteiger partial charge in [-0.25, -0.2) is 0 Å². The summed E-state index contributed by atoms with van der Waals surface area (Å²) in [5.41, 5.74) is -0.299. The molecule has 1 aromatic heterocycles. The normalized spacial score (nSPS) is 14.6. The van der Waals surface area contributed by atoms with Gasteiger partial charge in [0.15, 0.2) is 6.10 Å². The van der Waals surface area contributed by atoms with Crippen LogP contribution in [0.5, 0.6) is 0 Å². The molecule has 0 bridgehead atoms. The van der Waals surface area contributed by atoms with Gasteiger partial charge in [-0.2, -0.15) is 18.3 Å². The molecule has 1 atom stereocenters. The molecule has 0 spiro atoms. The summed E-state index contributed by atoms with van der Waals surface area (Å²) in [5, 5.41) is 12.5. The van der Waals surface area contributed by atoms with Crippen LogP contribution in [0.15, 0.2) is 10.7 Å². The van der Waals surface area contributed by atoms with Gasteiger partial charge in [0.2, 0.25) is 0 Å². The minimum Gasteiger partial charge on any atom is -0.378 e. The van der Waals surface area contributed by atoms with Gasteiger partial charge in [-0.15, -0.1) is 0 Å². The molecule has 1 aromatic rings. The van der Waals surface area contributed by atoms with Gasteiger partial charge in [0.1, 0.15) is 0 Å². The Morgan fingerprint density at radius 1 is 1.62 bits per heavy atom. The second-order valence-electron chi connectivity index (χ2n) is 2.45. The average Bonchev–Trinajstić information content (AvgIpc) is 2.28. The van der Waals surface area contributed by atoms with E-state index in [-0.39, 0.29) is 10.2 Å². The van der Waals surface area contributed by atoms with E-state index in [0.29, 0.717) is 0 Å². The molecule has 0 aromatic carbocycles. The van der Waals surface area contributed by atoms with Crippen molar-refractivity contribution in [2.45, 2.75) is 12.3 Å². The lowest BCUT2D eigenvalue weighted by Gasteiger charge is -2.14. The van der Waals surface area contributed by atoms with E-state index >= 15 is 0 Å². The fraction of sp³-hybridized carbons (Fsp3) is 0.500. The van der Waals surface area contributed by atoms with Crippen LogP contribution >= 0.6 is 15.9 Å². The maximum absolute atomic E-state index is 12.1. The third kappa shape index (κ3) is 2.02. The number of alkyl halides is 3. The van der Waals surface area contributed by atoms with Crippen LogP contribution in [0.2, 0.25) is 0 Å². The van der Waals surface area contributed by atoms with Crippen molar-refractivity contribution in [3.63, 3.8) is 0 Å². The number of aliphatic hydroxyl groups is 1. The summed E-state index contributed by atoms with van der Waals surface area (Å²) in [6.07, 6.45) is -5.98. The van der Waals surface area contributed by atoms with Gasteiger partial charge < -0.3 is 5.11 Å². The fourth-order valence-corrected chi connectivity index (χ4v) is 1.45. The Hall–Kier alpha value is -0.560. The Morgan fingerprint density at radius 2 is 2.15 bits per heavy atom. The highest BCUT2D eigenvalue weighted by Gasteiger charge is 2.42. The molecule has 0 fully saturated rings. The van der Waals surface area contributed by atoms with Crippen LogP contribution in [-0.2, 0) is 7.05 Å². The number of nitrogens with zero attached hydrogens (tertiary/aromatic N) is 2. The zero-order valence-corrected chi connectivity index (χ0v) is 8.09. The minimum atomic E-state index is -4.67. The quantitative estimate of drug-likeness (QED) is 0.834. The van der Waals surface area contributed by atoms with Crippen LogP contribution in [0.3, 0.4) is 0 Å². The van der Waals surface area contributed by atoms with Gasteiger partial charge in [0.05, 0.1) is 16.4 Å². The number of halogens is 4. The molecule has 0 aliphatic rings. The van der Waals surface area contributed by atoms with E-state index in [9.17, 15) is 13.2 Å². The zero-order chi connectivity index (χ0) is 10.2. The van der Waals surface area contributed by atoms with Crippen molar-refractivity contribution in [3.05, 3.63) is 16.4 Å². The predicted molar refractivity (Wildman–Crippen MR) is 41.9 cm³/mol. The predicted octanol–water partition coefficient (Wildman–Crippen LogP) is 1.78. The summed E-state index contributed by atoms with van der Waals surface area (Å²) in [7, 11) is 1.33. The molecule has 13 heavy (non-hydrogen) atoms. The largest absolute Gasteiger partial charge is 0.420 e. The van der Waals surface area contributed by atoms with Crippen molar-refractivity contribution in [2.75, 3.05) is 0 Å². The van der Waals surface area contributed by atoms with Gasteiger partial charge in [0, 0.05) is 7.05 Å². The summed E-state index contributed by atoms with van der Waals surface area (Å²) in [6.45, 7) is 0. The van der Waals surface area contributed by atoms with Gasteiger partial charge in [-0.1, -0.05) is 0 Å². The van der Waals surface area contributed by atoms with Crippen LogP contribution in [0, 0.1) is 0 Å². The molecular formula is C6H6BrF3N2O. The molecule has 1 heterocycles. The number of hydrogen-bond acceptors (Lipinski definition) is 2. The maximum atomic E-state index is 12.1. The molecule has 0 aliphatic heterocycles. The Morgan fingerprint density at radius 3 is 2.46 bits per heavy atom. The Bertz CT molecular complexity index is 290. The van der Waals surface area contributed by atoms with Crippen molar-refractivity contribution in [2.24, 2.45) is 7.05 Å². The SMILES string of the molecule is Cn1ncc(Br)c1[C@@H](O)C(F)(F)F. The van der Waals surface area contributed by atoms with E-state index in [1.54, 1.807) is 0 Å². The van der Waals surface area contributed by atoms with E-state index in [0.717, 1.165) is 4.68 Å². The topological polar surface area (TPSA) is 38.0 Å². The number of aryl methyl sites for hydroxylation is 1. The van der Waals surface area contributed by atoms with Gasteiger partial charge >= 0.3 is 6.18 Å². The minimum absolute atomic E-state index is 0.139. The molecule has 1 rings (SSSR count). The second kappa shape index (κ2) is 3.30. The number of rotatable bonds is 1. The van der Waals surface area contributed by atoms with E-state index in [4.69, 9.17) is 5.11 Å². The van der Waals surface area contributed by atoms with E-state index in [1.807, 2.05) is 0 Å². The number of aliphatic hydroxyl groups excluding tert-OH is 1. The van der Waals surface area contributed by atoms with Crippen molar-refractivity contribution < 1.29 is 18.3 Å². The molecule has 3 nitrogen and oxygen atoms in total. The summed E-state index contributed by atoms with van der Waals surface area (Å²) in [5.74, 6) is 0. The Labute approximate surface area is 80.3 Å². The first-order valence-electron chi connectivity index (χ1n) is 3.26. The molecule has 0 unspecified atom stereocenters. The Balaban J connectivity index is 3.08. The molecule has 0 saturated carbocycles. The highest BCUT2D eigenvalue weighted by molar-refractivity contribution is 9.10. The van der Waals surface area contributed by atoms with E-state index in [2.05, 4.69) is 21.0 Å². The van der Waals surface area contributed by atoms with Crippen LogP contribution in [-0.4, -0.2) is 21.1 Å². The van der Waals surface area contributed by atoms with Crippen LogP contribution in [0.4, 0.5) is 13.2 Å². The molecule has 0 amide bonds. The van der Waals surface area contributed by atoms with Crippen molar-refractivity contribution in [1.29, 1.82) is 0 Å². The standard InChI is InChI=1S/C6H6BrF3N2O/c1-12-4(3(7)2-11-12)5(13)6(8,9)10/h2,5,13H,1H3/t5-/m1/s1. The van der Waals surface area contributed by atoms with Gasteiger partial charge in [0.25, 0.3) is 0 Å². The first-order valence-corrected chi connectivity index (χ1v) is 4.05. The molecule has 1 N–H and O–H groups in total. The first-order chi connectivity index (χ1) is 5.84. The van der Waals surface area contributed by atoms with Crippen molar-refractivity contribution >= 4 is 15.9 Å². The lowest BCUT2D eigenvalue weighted by atomic mass is 10.2. The van der Waals surface area contributed by atoms with Crippen LogP contribution < -0.4 is 0 Å². The fourth-order valence-electron chi connectivity index (χ4n) is 0.883. The maximum Gasteiger partial charge on any atom is 0.420 e. The Kier molecular flexibility index (Phi) is 2.67. The van der Waals surface area contributed by atoms with Crippen molar-refractivity contribution in [3.8, 4) is 0 Å². The zero-order valence-electron chi connectivity index (χ0n) is 6.51. The van der Waals surface area contributed by atoms with E-state index in [1.165, 1.54) is 13.2 Å². The average molecular weight is 259 g/mol. The van der Waals surface area contributed by atoms with Crippen LogP contribution in [0.1, 0.15) is 11.8 Å². The highest BCUT2D eigenvalue weighted by atomic mass is 79.9. The molecule has 74 valence electrons. The third-order valence-electron chi connectivity index (χ3n) is 1.51. The molecule has 0 aliphatic carbocycles. The monoisotopic (exact) mass is 258 g/mol. The summed E-state index contributed by atoms with van der Waals surface area (Å²) in [6, 6.07) is 0. The van der Waals surface area contributed by atoms with E-state index < -0.39 is 12.3 Å². The molecule has 0 saturated heterocycles. The van der Waals surface area contributed by atoms with Crippen molar-refractivity contribution in [1.82, 2.24) is 9.78 Å². The third-order valence-corrected chi connectivity index (χ3v) is 2.12. The number of hydrogen-bond donors (Lipinski definition) is 1. The number of aromatic nitrogens is 2. The van der Waals surface area contributed by atoms with Gasteiger partial charge in [-0.3, -0.25) is 4.68 Å². The summed E-state index contributed by atoms with van der Waals surface area (Å²) >= 11 is 2.87. The molecule has 7 heteroatoms. The van der Waals surface area contributed by atoms with Crippen LogP contribution in [0.25, 0.3) is 0 Å². The summed E-state index contributed by atoms with van der Waals surface area (Å²) in [4.78, 5) is 0. The first kappa shape index (κ1) is 10.5. The highest BCUT2D eigenvalue weighted by Crippen LogP contribution is 2.35. The smallest absolute Gasteiger partial charge is 0.378 e. The molecular weight excluding hydrogens is 253 g/mol.